The number of amides is 1. The van der Waals surface area contributed by atoms with Crippen molar-refractivity contribution in [3.05, 3.63) is 88.2 Å². The van der Waals surface area contributed by atoms with Crippen LogP contribution in [0.3, 0.4) is 0 Å². The van der Waals surface area contributed by atoms with Crippen molar-refractivity contribution in [2.45, 2.75) is 6.92 Å². The summed E-state index contributed by atoms with van der Waals surface area (Å²) in [5.41, 5.74) is 0.885. The molecule has 0 saturated heterocycles. The van der Waals surface area contributed by atoms with E-state index in [1.54, 1.807) is 43.5 Å². The molecule has 9 heteroatoms. The van der Waals surface area contributed by atoms with Crippen LogP contribution in [0.25, 0.3) is 0 Å². The number of nitrogens with one attached hydrogen (secondary N) is 1. The number of carbonyl (C=O) groups excluding carboxylic acids is 2. The molecule has 1 aromatic heterocycles. The number of hydrogen-bond donors (Lipinski definition) is 1. The first-order chi connectivity index (χ1) is 14.4. The number of para-hydroxylation sites is 1. The van der Waals surface area contributed by atoms with Crippen LogP contribution in [0.15, 0.2) is 67.0 Å². The molecule has 0 atom stereocenters. The zero-order valence-corrected chi connectivity index (χ0v) is 15.9. The molecular weight excluding hydrogens is 390 g/mol. The van der Waals surface area contributed by atoms with Crippen molar-refractivity contribution >= 4 is 23.3 Å². The molecule has 0 saturated carbocycles. The van der Waals surface area contributed by atoms with Gasteiger partial charge in [-0.1, -0.05) is 18.2 Å². The lowest BCUT2D eigenvalue weighted by Crippen LogP contribution is -2.21. The third kappa shape index (κ3) is 5.16. The first kappa shape index (κ1) is 20.5. The second-order valence-corrected chi connectivity index (χ2v) is 6.17. The third-order valence-electron chi connectivity index (χ3n) is 4.01. The lowest BCUT2D eigenvalue weighted by molar-refractivity contribution is -0.384. The number of nitro benzene ring substituents is 1. The van der Waals surface area contributed by atoms with E-state index in [-0.39, 0.29) is 22.7 Å². The second kappa shape index (κ2) is 9.28. The van der Waals surface area contributed by atoms with Crippen molar-refractivity contribution < 1.29 is 24.0 Å². The molecule has 0 aliphatic rings. The molecule has 1 amide bonds. The van der Waals surface area contributed by atoms with Gasteiger partial charge in [0.15, 0.2) is 6.61 Å². The average molecular weight is 407 g/mol. The molecule has 3 rings (SSSR count). The topological polar surface area (TPSA) is 121 Å². The Morgan fingerprint density at radius 3 is 2.67 bits per heavy atom. The highest BCUT2D eigenvalue weighted by Crippen LogP contribution is 2.25. The van der Waals surface area contributed by atoms with Crippen molar-refractivity contribution in [3.63, 3.8) is 0 Å². The number of nitro groups is 1. The van der Waals surface area contributed by atoms with E-state index in [0.29, 0.717) is 11.3 Å². The van der Waals surface area contributed by atoms with Gasteiger partial charge in [0, 0.05) is 18.3 Å². The Hall–Kier alpha value is -4.27. The fourth-order valence-electron chi connectivity index (χ4n) is 2.51. The summed E-state index contributed by atoms with van der Waals surface area (Å²) in [5, 5.41) is 13.4. The highest BCUT2D eigenvalue weighted by molar-refractivity contribution is 5.97. The van der Waals surface area contributed by atoms with Crippen LogP contribution in [0, 0.1) is 17.0 Å². The number of aromatic nitrogens is 1. The Labute approximate surface area is 171 Å². The van der Waals surface area contributed by atoms with Gasteiger partial charge in [-0.3, -0.25) is 19.9 Å². The first-order valence-corrected chi connectivity index (χ1v) is 8.83. The van der Waals surface area contributed by atoms with Crippen LogP contribution in [0.1, 0.15) is 15.9 Å². The molecule has 0 aliphatic carbocycles. The molecule has 0 unspecified atom stereocenters. The number of anilines is 1. The Kier molecular flexibility index (Phi) is 6.33. The van der Waals surface area contributed by atoms with Crippen LogP contribution in [-0.2, 0) is 9.53 Å². The van der Waals surface area contributed by atoms with Crippen molar-refractivity contribution in [2.75, 3.05) is 11.9 Å². The van der Waals surface area contributed by atoms with Gasteiger partial charge < -0.3 is 14.8 Å². The smallest absolute Gasteiger partial charge is 0.342 e. The lowest BCUT2D eigenvalue weighted by Gasteiger charge is -2.11. The normalized spacial score (nSPS) is 10.2. The van der Waals surface area contributed by atoms with Crippen molar-refractivity contribution in [2.24, 2.45) is 0 Å². The first-order valence-electron chi connectivity index (χ1n) is 8.83. The van der Waals surface area contributed by atoms with E-state index in [1.807, 2.05) is 0 Å². The minimum absolute atomic E-state index is 0.140. The highest BCUT2D eigenvalue weighted by Gasteiger charge is 2.17. The van der Waals surface area contributed by atoms with Gasteiger partial charge in [-0.2, -0.15) is 0 Å². The second-order valence-electron chi connectivity index (χ2n) is 6.17. The number of aryl methyl sites for hydroxylation is 1. The van der Waals surface area contributed by atoms with Crippen LogP contribution < -0.4 is 10.1 Å². The van der Waals surface area contributed by atoms with Crippen LogP contribution >= 0.6 is 0 Å². The van der Waals surface area contributed by atoms with Gasteiger partial charge in [0.2, 0.25) is 0 Å². The maximum Gasteiger partial charge on any atom is 0.342 e. The minimum atomic E-state index is -0.750. The molecule has 0 aliphatic heterocycles. The van der Waals surface area contributed by atoms with E-state index in [1.165, 1.54) is 30.5 Å². The number of esters is 1. The van der Waals surface area contributed by atoms with Crippen molar-refractivity contribution in [3.8, 4) is 11.5 Å². The molecule has 2 aromatic carbocycles. The summed E-state index contributed by atoms with van der Waals surface area (Å²) in [6.45, 7) is 1.12. The monoisotopic (exact) mass is 407 g/mol. The van der Waals surface area contributed by atoms with E-state index < -0.39 is 23.4 Å². The number of pyridine rings is 1. The highest BCUT2D eigenvalue weighted by atomic mass is 16.6. The molecule has 3 aromatic rings. The van der Waals surface area contributed by atoms with Crippen molar-refractivity contribution in [1.82, 2.24) is 4.98 Å². The fraction of sp³-hybridized carbons (Fsp3) is 0.0952. The van der Waals surface area contributed by atoms with E-state index in [4.69, 9.17) is 9.47 Å². The van der Waals surface area contributed by atoms with E-state index in [0.717, 1.165) is 0 Å². The Balaban J connectivity index is 1.64. The average Bonchev–Trinajstić information content (AvgIpc) is 2.74. The number of nitrogens with zero attached hydrogens (tertiary/aromatic N) is 2. The molecule has 1 heterocycles. The van der Waals surface area contributed by atoms with Gasteiger partial charge in [0.25, 0.3) is 11.6 Å². The van der Waals surface area contributed by atoms with Gasteiger partial charge in [-0.15, -0.1) is 0 Å². The zero-order valence-electron chi connectivity index (χ0n) is 15.9. The van der Waals surface area contributed by atoms with Crippen LogP contribution in [0.4, 0.5) is 11.4 Å². The van der Waals surface area contributed by atoms with Crippen molar-refractivity contribution in [1.29, 1.82) is 0 Å². The lowest BCUT2D eigenvalue weighted by atomic mass is 10.2. The molecule has 1 N–H and O–H groups in total. The number of hydrogen-bond acceptors (Lipinski definition) is 7. The summed E-state index contributed by atoms with van der Waals surface area (Å²) in [6.07, 6.45) is 3.09. The molecule has 30 heavy (non-hydrogen) atoms. The molecule has 0 bridgehead atoms. The van der Waals surface area contributed by atoms with Gasteiger partial charge >= 0.3 is 5.97 Å². The molecule has 0 fully saturated rings. The molecule has 152 valence electrons. The summed E-state index contributed by atoms with van der Waals surface area (Å²) < 4.78 is 10.7. The minimum Gasteiger partial charge on any atom is -0.455 e. The standard InChI is InChI=1S/C21H17N3O6/c1-14-8-9-15(24(27)28)11-18(14)23-20(25)13-29-21(26)17-6-2-3-7-19(17)30-16-5-4-10-22-12-16/h2-12H,13H2,1H3,(H,23,25). The quantitative estimate of drug-likeness (QED) is 0.358. The summed E-state index contributed by atoms with van der Waals surface area (Å²) >= 11 is 0. The predicted molar refractivity (Wildman–Crippen MR) is 107 cm³/mol. The molecule has 0 spiro atoms. The largest absolute Gasteiger partial charge is 0.455 e. The molecule has 0 radical (unpaired) electrons. The molecular formula is C21H17N3O6. The Morgan fingerprint density at radius 2 is 1.93 bits per heavy atom. The summed E-state index contributed by atoms with van der Waals surface area (Å²) in [6, 6.07) is 13.9. The van der Waals surface area contributed by atoms with Gasteiger partial charge in [0.1, 0.15) is 17.1 Å². The van der Waals surface area contributed by atoms with E-state index in [2.05, 4.69) is 10.3 Å². The third-order valence-corrected chi connectivity index (χ3v) is 4.01. The molecule has 9 nitrogen and oxygen atoms in total. The van der Waals surface area contributed by atoms with Gasteiger partial charge in [0.05, 0.1) is 16.8 Å². The van der Waals surface area contributed by atoms with E-state index in [9.17, 15) is 19.7 Å². The Morgan fingerprint density at radius 1 is 1.13 bits per heavy atom. The number of carbonyl (C=O) groups is 2. The number of non-ortho nitro benzene ring substituents is 1. The van der Waals surface area contributed by atoms with Crippen LogP contribution in [0.2, 0.25) is 0 Å². The number of ether oxygens (including phenoxy) is 2. The predicted octanol–water partition coefficient (Wildman–Crippen LogP) is 3.89. The van der Waals surface area contributed by atoms with Gasteiger partial charge in [-0.05, 0) is 36.8 Å². The number of benzene rings is 2. The van der Waals surface area contributed by atoms with Crippen LogP contribution in [0.5, 0.6) is 11.5 Å². The van der Waals surface area contributed by atoms with Gasteiger partial charge in [-0.25, -0.2) is 4.79 Å². The number of rotatable bonds is 7. The van der Waals surface area contributed by atoms with Crippen LogP contribution in [-0.4, -0.2) is 28.4 Å². The van der Waals surface area contributed by atoms with E-state index >= 15 is 0 Å². The summed E-state index contributed by atoms with van der Waals surface area (Å²) in [5.74, 6) is -0.680. The maximum atomic E-state index is 12.4. The summed E-state index contributed by atoms with van der Waals surface area (Å²) in [7, 11) is 0. The zero-order chi connectivity index (χ0) is 21.5. The Bertz CT molecular complexity index is 1090. The fourth-order valence-corrected chi connectivity index (χ4v) is 2.51. The SMILES string of the molecule is Cc1ccc([N+](=O)[O-])cc1NC(=O)COC(=O)c1ccccc1Oc1cccnc1. The maximum absolute atomic E-state index is 12.4. The summed E-state index contributed by atoms with van der Waals surface area (Å²) in [4.78, 5) is 38.9.